The molecular weight excluding hydrogens is 468 g/mol. The monoisotopic (exact) mass is 518 g/mol. The van der Waals surface area contributed by atoms with E-state index in [1.165, 1.54) is 0 Å². The summed E-state index contributed by atoms with van der Waals surface area (Å²) in [5.41, 5.74) is -4.36. The van der Waals surface area contributed by atoms with Crippen molar-refractivity contribution in [3.63, 3.8) is 0 Å². The van der Waals surface area contributed by atoms with Crippen LogP contribution in [0.2, 0.25) is 0 Å². The average molecular weight is 519 g/mol. The molecule has 0 atom stereocenters. The molecule has 0 heterocycles. The van der Waals surface area contributed by atoms with Crippen LogP contribution in [0.25, 0.3) is 66.1 Å². The molecule has 1 aliphatic carbocycles. The Balaban J connectivity index is 1.64. The number of rotatable bonds is 3. The summed E-state index contributed by atoms with van der Waals surface area (Å²) < 4.78 is 212. The molecule has 0 saturated heterocycles. The van der Waals surface area contributed by atoms with Crippen LogP contribution in [0.4, 0.5) is 0 Å². The van der Waals surface area contributed by atoms with Gasteiger partial charge in [0.2, 0.25) is 0 Å². The van der Waals surface area contributed by atoms with Crippen LogP contribution < -0.4 is 0 Å². The Labute approximate surface area is 262 Å². The van der Waals surface area contributed by atoms with Gasteiger partial charge >= 0.3 is 0 Å². The van der Waals surface area contributed by atoms with Crippen molar-refractivity contribution in [3.8, 4) is 44.5 Å². The minimum atomic E-state index is -1.00. The Kier molecular flexibility index (Phi) is 1.99. The van der Waals surface area contributed by atoms with Crippen molar-refractivity contribution in [1.82, 2.24) is 0 Å². The lowest BCUT2D eigenvalue weighted by molar-refractivity contribution is 1.26. The molecular formula is C39H26. The molecule has 1 aliphatic rings. The van der Waals surface area contributed by atoms with E-state index < -0.39 is 200 Å². The highest BCUT2D eigenvalue weighted by molar-refractivity contribution is 6.21. The van der Waals surface area contributed by atoms with Gasteiger partial charge in [0.25, 0.3) is 0 Å². The van der Waals surface area contributed by atoms with Crippen molar-refractivity contribution < 1.29 is 32.9 Å². The molecule has 0 aromatic heterocycles. The van der Waals surface area contributed by atoms with Crippen molar-refractivity contribution >= 4 is 21.5 Å². The van der Waals surface area contributed by atoms with Crippen molar-refractivity contribution in [1.29, 1.82) is 0 Å². The molecule has 0 nitrogen and oxygen atoms in total. The Morgan fingerprint density at radius 1 is 0.359 bits per heavy atom. The SMILES string of the molecule is [2H]c1c([2H])c([2H])c(-c2c([2H])c([2H])c(-c3c4c([2H])c([2H])c([2H])c([2H])c4c(-c4c([2H])c([2H])c5c(c4[2H])Cc4c([2H])c([2H])c([2H])c([2H])c4-5)c4c([2H])c([2H])c([2H])c([2H])c34)c([2H])c2[2H])c([2H])c1[2H]. The van der Waals surface area contributed by atoms with E-state index in [9.17, 15) is 12.3 Å². The smallest absolute Gasteiger partial charge is 0.0622 e. The summed E-state index contributed by atoms with van der Waals surface area (Å²) in [6.45, 7) is 0. The van der Waals surface area contributed by atoms with E-state index in [1.807, 2.05) is 0 Å². The van der Waals surface area contributed by atoms with Gasteiger partial charge in [-0.3, -0.25) is 0 Å². The average Bonchev–Trinajstić information content (AvgIpc) is 3.67. The molecule has 0 radical (unpaired) electrons. The zero-order valence-corrected chi connectivity index (χ0v) is 19.7. The molecule has 0 amide bonds. The summed E-state index contributed by atoms with van der Waals surface area (Å²) in [7, 11) is 0. The maximum Gasteiger partial charge on any atom is 0.0633 e. The lowest BCUT2D eigenvalue weighted by atomic mass is 9.85. The first-order chi connectivity index (χ1) is 29.3. The zero-order chi connectivity index (χ0) is 46.6. The largest absolute Gasteiger partial charge is 0.0633 e. The molecule has 0 bridgehead atoms. The van der Waals surface area contributed by atoms with Crippen molar-refractivity contribution in [2.45, 2.75) is 6.42 Å². The normalized spacial score (nSPS) is 20.6. The second-order valence-corrected chi connectivity index (χ2v) is 8.63. The van der Waals surface area contributed by atoms with Gasteiger partial charge in [0, 0.05) is 0 Å². The molecule has 0 aliphatic heterocycles. The first kappa shape index (κ1) is 8.79. The minimum Gasteiger partial charge on any atom is -0.0622 e. The summed E-state index contributed by atoms with van der Waals surface area (Å²) in [6.07, 6.45) is -0.354. The molecule has 0 heteroatoms. The standard InChI is InChI=1S/C39H26/c1-2-10-26(11-3-1)27-18-20-28(21-19-27)38-34-14-6-8-16-36(34)39(37-17-9-7-15-35(37)38)30-22-23-33-31(25-30)24-29-12-4-5-13-32(29)33/h1-23,25H,24H2/i1D,2D,3D,4D,5D,6D,7D,8D,9D,10D,11D,12D,13D,14D,15D,16D,17D,18D,19D,20D,21D,22D,23D,25D. The lowest BCUT2D eigenvalue weighted by Gasteiger charge is -2.18. The maximum atomic E-state index is 9.56. The fraction of sp³-hybridized carbons (Fsp3) is 0.0256. The Bertz CT molecular complexity index is 3210. The first-order valence-electron chi connectivity index (χ1n) is 23.7. The highest BCUT2D eigenvalue weighted by atomic mass is 14.2. The summed E-state index contributed by atoms with van der Waals surface area (Å²) in [5, 5.41) is -2.50. The number of benzene rings is 7. The van der Waals surface area contributed by atoms with E-state index in [-0.39, 0.29) is 28.7 Å². The molecule has 0 fully saturated rings. The van der Waals surface area contributed by atoms with Gasteiger partial charge in [-0.15, -0.1) is 0 Å². The van der Waals surface area contributed by atoms with Gasteiger partial charge in [-0.2, -0.15) is 0 Å². The van der Waals surface area contributed by atoms with Crippen LogP contribution in [-0.4, -0.2) is 0 Å². The van der Waals surface area contributed by atoms with Crippen LogP contribution in [0, 0.1) is 0 Å². The molecule has 0 unspecified atom stereocenters. The third-order valence-corrected chi connectivity index (χ3v) is 6.51. The van der Waals surface area contributed by atoms with Crippen LogP contribution in [-0.2, 0) is 6.42 Å². The summed E-state index contributed by atoms with van der Waals surface area (Å²) >= 11 is 0. The van der Waals surface area contributed by atoms with E-state index in [4.69, 9.17) is 20.6 Å². The highest BCUT2D eigenvalue weighted by Gasteiger charge is 2.21. The third kappa shape index (κ3) is 3.53. The van der Waals surface area contributed by atoms with Crippen LogP contribution in [0.1, 0.15) is 44.0 Å². The van der Waals surface area contributed by atoms with E-state index in [0.29, 0.717) is 0 Å². The van der Waals surface area contributed by atoms with Crippen molar-refractivity contribution in [2.24, 2.45) is 0 Å². The van der Waals surface area contributed by atoms with Crippen LogP contribution in [0.3, 0.4) is 0 Å². The summed E-state index contributed by atoms with van der Waals surface area (Å²) in [4.78, 5) is 0. The van der Waals surface area contributed by atoms with Crippen LogP contribution >= 0.6 is 0 Å². The molecule has 0 spiro atoms. The van der Waals surface area contributed by atoms with Gasteiger partial charge in [-0.25, -0.2) is 0 Å². The number of fused-ring (bicyclic) bond motifs is 5. The highest BCUT2D eigenvalue weighted by Crippen LogP contribution is 2.45. The van der Waals surface area contributed by atoms with Gasteiger partial charge in [-0.1, -0.05) is 145 Å². The molecule has 0 saturated carbocycles. The summed E-state index contributed by atoms with van der Waals surface area (Å²) in [6, 6.07) is -19.8. The Hall–Kier alpha value is -4.94. The molecule has 182 valence electrons. The molecule has 0 N–H and O–H groups in total. The van der Waals surface area contributed by atoms with Gasteiger partial charge < -0.3 is 0 Å². The maximum absolute atomic E-state index is 9.56. The van der Waals surface area contributed by atoms with E-state index >= 15 is 0 Å². The minimum absolute atomic E-state index is 0.0128. The van der Waals surface area contributed by atoms with Gasteiger partial charge in [0.15, 0.2) is 0 Å². The van der Waals surface area contributed by atoms with Crippen molar-refractivity contribution in [3.05, 3.63) is 156 Å². The topological polar surface area (TPSA) is 0 Å². The van der Waals surface area contributed by atoms with Crippen LogP contribution in [0.15, 0.2) is 145 Å². The molecule has 7 aromatic carbocycles. The second-order valence-electron chi connectivity index (χ2n) is 8.63. The predicted octanol–water partition coefficient (Wildman–Crippen LogP) is 10.6. The van der Waals surface area contributed by atoms with Gasteiger partial charge in [-0.05, 0) is 83.6 Å². The predicted molar refractivity (Wildman–Crippen MR) is 166 cm³/mol. The Morgan fingerprint density at radius 2 is 0.821 bits per heavy atom. The number of hydrogen-bond donors (Lipinski definition) is 0. The van der Waals surface area contributed by atoms with Gasteiger partial charge in [0.1, 0.15) is 0 Å². The number of hydrogen-bond acceptors (Lipinski definition) is 0. The van der Waals surface area contributed by atoms with Crippen LogP contribution in [0.5, 0.6) is 0 Å². The Morgan fingerprint density at radius 3 is 1.49 bits per heavy atom. The van der Waals surface area contributed by atoms with E-state index in [0.717, 1.165) is 0 Å². The second kappa shape index (κ2) is 8.82. The van der Waals surface area contributed by atoms with E-state index in [1.54, 1.807) is 0 Å². The quantitative estimate of drug-likeness (QED) is 0.204. The summed E-state index contributed by atoms with van der Waals surface area (Å²) in [5.74, 6) is 0. The fourth-order valence-electron chi connectivity index (χ4n) is 4.84. The van der Waals surface area contributed by atoms with Crippen molar-refractivity contribution in [2.75, 3.05) is 0 Å². The molecule has 8 rings (SSSR count). The zero-order valence-electron chi connectivity index (χ0n) is 43.7. The molecule has 7 aromatic rings. The fourth-order valence-corrected chi connectivity index (χ4v) is 4.84. The van der Waals surface area contributed by atoms with Gasteiger partial charge in [0.05, 0.1) is 32.9 Å². The lowest BCUT2D eigenvalue weighted by Crippen LogP contribution is -1.92. The van der Waals surface area contributed by atoms with E-state index in [2.05, 4.69) is 0 Å². The first-order valence-corrected chi connectivity index (χ1v) is 11.7. The molecule has 39 heavy (non-hydrogen) atoms. The third-order valence-electron chi connectivity index (χ3n) is 6.51.